The number of aliphatic imine (C=N–C) groups is 1. The van der Waals surface area contributed by atoms with Crippen molar-refractivity contribution in [2.24, 2.45) is 4.99 Å². The first-order valence-electron chi connectivity index (χ1n) is 5.66. The third-order valence-electron chi connectivity index (χ3n) is 2.64. The number of carboxylic acids is 1. The number of carbonyl (C=O) groups is 3. The Kier molecular flexibility index (Phi) is 3.52. The summed E-state index contributed by atoms with van der Waals surface area (Å²) in [7, 11) is 0. The zero-order chi connectivity index (χ0) is 14.0. The molecule has 2 rings (SSSR count). The molecule has 1 saturated carbocycles. The molecule has 1 aromatic carbocycles. The van der Waals surface area contributed by atoms with E-state index in [1.54, 1.807) is 6.92 Å². The van der Waals surface area contributed by atoms with E-state index in [4.69, 9.17) is 9.84 Å². The number of rotatable bonds is 4. The molecule has 1 aliphatic carbocycles. The Balaban J connectivity index is 2.23. The van der Waals surface area contributed by atoms with E-state index in [1.807, 2.05) is 0 Å². The third kappa shape index (κ3) is 2.43. The molecule has 0 aromatic heterocycles. The van der Waals surface area contributed by atoms with Crippen LogP contribution in [0.1, 0.15) is 17.3 Å². The second-order valence-electron chi connectivity index (χ2n) is 3.88. The normalized spacial score (nSPS) is 20.5. The smallest absolute Gasteiger partial charge is 0.335 e. The summed E-state index contributed by atoms with van der Waals surface area (Å²) >= 11 is 0. The Morgan fingerprint density at radius 1 is 1.32 bits per heavy atom. The highest BCUT2D eigenvalue weighted by atomic mass is 16.5. The molecule has 0 aliphatic heterocycles. The van der Waals surface area contributed by atoms with Gasteiger partial charge in [0.05, 0.1) is 11.3 Å². The van der Waals surface area contributed by atoms with E-state index in [2.05, 4.69) is 4.99 Å². The van der Waals surface area contributed by atoms with E-state index in [0.29, 0.717) is 12.3 Å². The van der Waals surface area contributed by atoms with Gasteiger partial charge in [-0.15, -0.1) is 0 Å². The second-order valence-corrected chi connectivity index (χ2v) is 3.88. The highest BCUT2D eigenvalue weighted by Gasteiger charge is 2.46. The summed E-state index contributed by atoms with van der Waals surface area (Å²) in [6.07, 6.45) is -0.892. The van der Waals surface area contributed by atoms with E-state index in [-0.39, 0.29) is 11.3 Å². The minimum absolute atomic E-state index is 0.0647. The van der Waals surface area contributed by atoms with Crippen molar-refractivity contribution in [3.05, 3.63) is 29.8 Å². The standard InChI is InChI=1S/C13H11NO5/c1-2-19-12-9(10(15)11(12)16)14-8-5-3-7(4-6-8)13(17)18/h3-6,12H,2H2,1H3,(H,17,18). The first kappa shape index (κ1) is 13.1. The molecule has 0 saturated heterocycles. The lowest BCUT2D eigenvalue weighted by molar-refractivity contribution is -0.142. The molecule has 98 valence electrons. The van der Waals surface area contributed by atoms with E-state index in [1.165, 1.54) is 24.3 Å². The van der Waals surface area contributed by atoms with Crippen molar-refractivity contribution < 1.29 is 24.2 Å². The number of carboxylic acid groups (broad SMARTS) is 1. The molecular weight excluding hydrogens is 250 g/mol. The van der Waals surface area contributed by atoms with Gasteiger partial charge in [-0.1, -0.05) is 0 Å². The van der Waals surface area contributed by atoms with Gasteiger partial charge in [0.25, 0.3) is 0 Å². The zero-order valence-electron chi connectivity index (χ0n) is 10.1. The summed E-state index contributed by atoms with van der Waals surface area (Å²) < 4.78 is 5.11. The Morgan fingerprint density at radius 2 is 1.95 bits per heavy atom. The Bertz CT molecular complexity index is 573. The summed E-state index contributed by atoms with van der Waals surface area (Å²) in [5.41, 5.74) is 0.599. The number of ketones is 2. The summed E-state index contributed by atoms with van der Waals surface area (Å²) in [6.45, 7) is 2.02. The first-order chi connectivity index (χ1) is 9.04. The van der Waals surface area contributed by atoms with Gasteiger partial charge in [-0.05, 0) is 31.2 Å². The van der Waals surface area contributed by atoms with Crippen LogP contribution in [0.3, 0.4) is 0 Å². The van der Waals surface area contributed by atoms with Gasteiger partial charge in [0, 0.05) is 6.61 Å². The maximum absolute atomic E-state index is 11.4. The molecule has 1 aromatic rings. The molecule has 0 radical (unpaired) electrons. The van der Waals surface area contributed by atoms with Crippen LogP contribution in [-0.4, -0.2) is 41.1 Å². The van der Waals surface area contributed by atoms with Gasteiger partial charge in [0.1, 0.15) is 5.71 Å². The number of Topliss-reactive ketones (excluding diaryl/α,β-unsaturated/α-hetero) is 2. The molecule has 1 aliphatic rings. The molecule has 0 spiro atoms. The van der Waals surface area contributed by atoms with Crippen LogP contribution in [0.4, 0.5) is 5.69 Å². The van der Waals surface area contributed by atoms with Crippen molar-refractivity contribution in [3.63, 3.8) is 0 Å². The van der Waals surface area contributed by atoms with Gasteiger partial charge < -0.3 is 9.84 Å². The highest BCUT2D eigenvalue weighted by Crippen LogP contribution is 2.20. The van der Waals surface area contributed by atoms with Crippen LogP contribution in [0.2, 0.25) is 0 Å². The quantitative estimate of drug-likeness (QED) is 0.816. The summed E-state index contributed by atoms with van der Waals surface area (Å²) in [5, 5.41) is 8.75. The lowest BCUT2D eigenvalue weighted by atomic mass is 9.89. The molecule has 19 heavy (non-hydrogen) atoms. The van der Waals surface area contributed by atoms with E-state index in [9.17, 15) is 14.4 Å². The van der Waals surface area contributed by atoms with Crippen molar-refractivity contribution in [1.82, 2.24) is 0 Å². The van der Waals surface area contributed by atoms with Crippen molar-refractivity contribution in [2.45, 2.75) is 13.0 Å². The van der Waals surface area contributed by atoms with Gasteiger partial charge in [0.15, 0.2) is 6.10 Å². The highest BCUT2D eigenvalue weighted by molar-refractivity contribution is 6.79. The van der Waals surface area contributed by atoms with E-state index < -0.39 is 23.6 Å². The van der Waals surface area contributed by atoms with Gasteiger partial charge in [-0.25, -0.2) is 9.79 Å². The first-order valence-corrected chi connectivity index (χ1v) is 5.66. The lowest BCUT2D eigenvalue weighted by Gasteiger charge is -2.24. The van der Waals surface area contributed by atoms with Crippen LogP contribution in [-0.2, 0) is 14.3 Å². The predicted octanol–water partition coefficient (Wildman–Crippen LogP) is 1.01. The fraction of sp³-hybridized carbons (Fsp3) is 0.231. The molecule has 1 N–H and O–H groups in total. The molecule has 1 fully saturated rings. The monoisotopic (exact) mass is 261 g/mol. The van der Waals surface area contributed by atoms with Crippen LogP contribution >= 0.6 is 0 Å². The van der Waals surface area contributed by atoms with Gasteiger partial charge >= 0.3 is 5.97 Å². The lowest BCUT2D eigenvalue weighted by Crippen LogP contribution is -2.55. The summed E-state index contributed by atoms with van der Waals surface area (Å²) in [5.74, 6) is -2.29. The number of carbonyl (C=O) groups excluding carboxylic acids is 2. The maximum atomic E-state index is 11.4. The van der Waals surface area contributed by atoms with Crippen LogP contribution in [0, 0.1) is 0 Å². The van der Waals surface area contributed by atoms with Crippen molar-refractivity contribution in [3.8, 4) is 0 Å². The van der Waals surface area contributed by atoms with Crippen molar-refractivity contribution >= 4 is 28.9 Å². The number of aromatic carboxylic acids is 1. The molecule has 0 amide bonds. The molecular formula is C13H11NO5. The molecule has 0 heterocycles. The molecule has 6 heteroatoms. The molecule has 6 nitrogen and oxygen atoms in total. The van der Waals surface area contributed by atoms with Crippen LogP contribution in [0.25, 0.3) is 0 Å². The largest absolute Gasteiger partial charge is 0.478 e. The fourth-order valence-corrected chi connectivity index (χ4v) is 1.66. The third-order valence-corrected chi connectivity index (χ3v) is 2.64. The number of nitrogens with zero attached hydrogens (tertiary/aromatic N) is 1. The topological polar surface area (TPSA) is 93.0 Å². The van der Waals surface area contributed by atoms with Crippen LogP contribution in [0.5, 0.6) is 0 Å². The molecule has 0 bridgehead atoms. The van der Waals surface area contributed by atoms with Gasteiger partial charge in [-0.2, -0.15) is 0 Å². The SMILES string of the molecule is CCOC1C(=O)C(=O)C1=Nc1ccc(C(=O)O)cc1. The predicted molar refractivity (Wildman–Crippen MR) is 65.9 cm³/mol. The average Bonchev–Trinajstić information content (AvgIpc) is 2.42. The minimum Gasteiger partial charge on any atom is -0.478 e. The average molecular weight is 261 g/mol. The summed E-state index contributed by atoms with van der Waals surface area (Å²) in [4.78, 5) is 37.3. The van der Waals surface area contributed by atoms with Crippen molar-refractivity contribution in [2.75, 3.05) is 6.61 Å². The van der Waals surface area contributed by atoms with Gasteiger partial charge in [0.2, 0.25) is 11.6 Å². The van der Waals surface area contributed by atoms with E-state index in [0.717, 1.165) is 0 Å². The number of hydrogen-bond acceptors (Lipinski definition) is 5. The van der Waals surface area contributed by atoms with Crippen LogP contribution < -0.4 is 0 Å². The molecule has 1 unspecified atom stereocenters. The molecule has 1 atom stereocenters. The Labute approximate surface area is 108 Å². The number of benzene rings is 1. The second kappa shape index (κ2) is 5.11. The van der Waals surface area contributed by atoms with Gasteiger partial charge in [-0.3, -0.25) is 9.59 Å². The zero-order valence-corrected chi connectivity index (χ0v) is 10.1. The Hall–Kier alpha value is -2.34. The van der Waals surface area contributed by atoms with Crippen LogP contribution in [0.15, 0.2) is 29.3 Å². The number of hydrogen-bond donors (Lipinski definition) is 1. The van der Waals surface area contributed by atoms with Crippen molar-refractivity contribution in [1.29, 1.82) is 0 Å². The summed E-state index contributed by atoms with van der Waals surface area (Å²) in [6, 6.07) is 5.69. The Morgan fingerprint density at radius 3 is 2.47 bits per heavy atom. The maximum Gasteiger partial charge on any atom is 0.335 e. The minimum atomic E-state index is -1.04. The fourth-order valence-electron chi connectivity index (χ4n) is 1.66. The van der Waals surface area contributed by atoms with E-state index >= 15 is 0 Å². The number of ether oxygens (including phenoxy) is 1.